The highest BCUT2D eigenvalue weighted by molar-refractivity contribution is 9.10. The molecule has 1 saturated heterocycles. The Morgan fingerprint density at radius 1 is 1.31 bits per heavy atom. The second kappa shape index (κ2) is 8.37. The van der Waals surface area contributed by atoms with E-state index in [9.17, 15) is 9.59 Å². The molecule has 8 heteroatoms. The number of carbonyl (C=O) groups excluding carboxylic acids is 2. The van der Waals surface area contributed by atoms with Gasteiger partial charge in [0.25, 0.3) is 11.8 Å². The maximum atomic E-state index is 12.3. The molecule has 1 aliphatic rings. The van der Waals surface area contributed by atoms with Crippen molar-refractivity contribution >= 4 is 27.7 Å². The van der Waals surface area contributed by atoms with Crippen molar-refractivity contribution in [3.63, 3.8) is 0 Å². The Hall–Kier alpha value is -2.32. The first-order valence-corrected chi connectivity index (χ1v) is 9.09. The number of carbonyl (C=O) groups is 2. The van der Waals surface area contributed by atoms with Gasteiger partial charge in [0.1, 0.15) is 18.1 Å². The van der Waals surface area contributed by atoms with E-state index in [4.69, 9.17) is 9.47 Å². The molecule has 1 aliphatic heterocycles. The lowest BCUT2D eigenvalue weighted by molar-refractivity contribution is 0.0679. The Kier molecular flexibility index (Phi) is 5.95. The van der Waals surface area contributed by atoms with Gasteiger partial charge in [0.2, 0.25) is 0 Å². The Bertz CT molecular complexity index is 799. The Balaban J connectivity index is 1.54. The third kappa shape index (κ3) is 4.64. The van der Waals surface area contributed by atoms with E-state index in [1.54, 1.807) is 48.1 Å². The van der Waals surface area contributed by atoms with E-state index in [0.717, 1.165) is 23.9 Å². The van der Waals surface area contributed by atoms with E-state index in [-0.39, 0.29) is 6.10 Å². The van der Waals surface area contributed by atoms with E-state index in [1.165, 1.54) is 0 Å². The molecular formula is C18H20BrN3O4. The van der Waals surface area contributed by atoms with E-state index >= 15 is 0 Å². The van der Waals surface area contributed by atoms with Crippen LogP contribution in [0.1, 0.15) is 33.7 Å². The van der Waals surface area contributed by atoms with Crippen molar-refractivity contribution in [2.45, 2.75) is 18.9 Å². The summed E-state index contributed by atoms with van der Waals surface area (Å²) in [4.78, 5) is 24.4. The molecule has 3 rings (SSSR count). The fourth-order valence-electron chi connectivity index (χ4n) is 2.69. The number of amides is 2. The Labute approximate surface area is 159 Å². The molecule has 1 unspecified atom stereocenters. The third-order valence-corrected chi connectivity index (χ3v) is 4.48. The molecule has 2 heterocycles. The zero-order valence-corrected chi connectivity index (χ0v) is 15.9. The quantitative estimate of drug-likeness (QED) is 0.726. The lowest BCUT2D eigenvalue weighted by Gasteiger charge is -2.12. The molecule has 26 heavy (non-hydrogen) atoms. The van der Waals surface area contributed by atoms with Crippen molar-refractivity contribution in [2.75, 3.05) is 13.2 Å². The zero-order chi connectivity index (χ0) is 18.5. The van der Waals surface area contributed by atoms with Crippen LogP contribution < -0.4 is 15.6 Å². The van der Waals surface area contributed by atoms with Crippen LogP contribution in [-0.4, -0.2) is 35.7 Å². The second-order valence-corrected chi connectivity index (χ2v) is 6.95. The molecule has 2 amide bonds. The topological polar surface area (TPSA) is 81.6 Å². The van der Waals surface area contributed by atoms with Crippen LogP contribution in [0.15, 0.2) is 41.0 Å². The minimum absolute atomic E-state index is 0.108. The fraction of sp³-hybridized carbons (Fsp3) is 0.333. The molecule has 0 radical (unpaired) electrons. The van der Waals surface area contributed by atoms with Crippen LogP contribution in [0, 0.1) is 0 Å². The van der Waals surface area contributed by atoms with Crippen LogP contribution in [0.5, 0.6) is 5.75 Å². The van der Waals surface area contributed by atoms with Gasteiger partial charge in [0.05, 0.1) is 6.10 Å². The van der Waals surface area contributed by atoms with Gasteiger partial charge in [-0.1, -0.05) is 6.07 Å². The summed E-state index contributed by atoms with van der Waals surface area (Å²) in [6.07, 6.45) is 3.90. The molecule has 2 aromatic rings. The number of nitrogens with zero attached hydrogens (tertiary/aromatic N) is 1. The Morgan fingerprint density at radius 2 is 2.12 bits per heavy atom. The fourth-order valence-corrected chi connectivity index (χ4v) is 3.22. The van der Waals surface area contributed by atoms with E-state index < -0.39 is 11.8 Å². The minimum atomic E-state index is -0.422. The molecule has 1 atom stereocenters. The van der Waals surface area contributed by atoms with Gasteiger partial charge in [-0.15, -0.1) is 0 Å². The predicted octanol–water partition coefficient (Wildman–Crippen LogP) is 2.42. The van der Waals surface area contributed by atoms with Gasteiger partial charge in [-0.05, 0) is 53.0 Å². The van der Waals surface area contributed by atoms with Crippen LogP contribution in [0.25, 0.3) is 0 Å². The van der Waals surface area contributed by atoms with Crippen molar-refractivity contribution in [2.24, 2.45) is 7.05 Å². The van der Waals surface area contributed by atoms with Crippen molar-refractivity contribution < 1.29 is 19.1 Å². The van der Waals surface area contributed by atoms with Gasteiger partial charge in [0.15, 0.2) is 0 Å². The number of hydrogen-bond donors (Lipinski definition) is 2. The van der Waals surface area contributed by atoms with Crippen LogP contribution >= 0.6 is 15.9 Å². The number of hydrogen-bond acceptors (Lipinski definition) is 4. The van der Waals surface area contributed by atoms with Gasteiger partial charge in [-0.3, -0.25) is 20.4 Å². The number of benzene rings is 1. The molecular weight excluding hydrogens is 402 g/mol. The summed E-state index contributed by atoms with van der Waals surface area (Å²) in [5.41, 5.74) is 5.63. The summed E-state index contributed by atoms with van der Waals surface area (Å²) in [5.74, 6) is -0.239. The summed E-state index contributed by atoms with van der Waals surface area (Å²) in [6.45, 7) is 1.23. The number of aromatic nitrogens is 1. The minimum Gasteiger partial charge on any atom is -0.491 e. The van der Waals surface area contributed by atoms with Crippen LogP contribution in [-0.2, 0) is 11.8 Å². The molecule has 1 fully saturated rings. The standard InChI is InChI=1S/C18H20BrN3O4/c1-22-10-13(19)9-16(22)18(24)21-20-17(23)12-4-2-5-14(8-12)26-11-15-6-3-7-25-15/h2,4-5,8-10,15H,3,6-7,11H2,1H3,(H,20,23)(H,21,24). The van der Waals surface area contributed by atoms with Crippen molar-refractivity contribution in [1.29, 1.82) is 0 Å². The van der Waals surface area contributed by atoms with E-state index in [1.807, 2.05) is 0 Å². The molecule has 0 saturated carbocycles. The lowest BCUT2D eigenvalue weighted by atomic mass is 10.2. The van der Waals surface area contributed by atoms with Crippen LogP contribution in [0.4, 0.5) is 0 Å². The van der Waals surface area contributed by atoms with E-state index in [2.05, 4.69) is 26.8 Å². The number of ether oxygens (including phenoxy) is 2. The van der Waals surface area contributed by atoms with Crippen LogP contribution in [0.2, 0.25) is 0 Å². The normalized spacial score (nSPS) is 16.3. The first-order chi connectivity index (χ1) is 12.5. The highest BCUT2D eigenvalue weighted by atomic mass is 79.9. The molecule has 0 bridgehead atoms. The monoisotopic (exact) mass is 421 g/mol. The zero-order valence-electron chi connectivity index (χ0n) is 14.3. The number of nitrogens with one attached hydrogen (secondary N) is 2. The van der Waals surface area contributed by atoms with Gasteiger partial charge < -0.3 is 14.0 Å². The van der Waals surface area contributed by atoms with Gasteiger partial charge in [-0.25, -0.2) is 0 Å². The number of rotatable bonds is 5. The third-order valence-electron chi connectivity index (χ3n) is 4.05. The molecule has 7 nitrogen and oxygen atoms in total. The first kappa shape index (κ1) is 18.5. The average Bonchev–Trinajstić information content (AvgIpc) is 3.27. The maximum absolute atomic E-state index is 12.3. The SMILES string of the molecule is Cn1cc(Br)cc1C(=O)NNC(=O)c1cccc(OCC2CCCO2)c1. The van der Waals surface area contributed by atoms with Gasteiger partial charge >= 0.3 is 0 Å². The largest absolute Gasteiger partial charge is 0.491 e. The van der Waals surface area contributed by atoms with Gasteiger partial charge in [0, 0.05) is 29.9 Å². The first-order valence-electron chi connectivity index (χ1n) is 8.30. The van der Waals surface area contributed by atoms with Gasteiger partial charge in [-0.2, -0.15) is 0 Å². The summed E-state index contributed by atoms with van der Waals surface area (Å²) in [5, 5.41) is 0. The average molecular weight is 422 g/mol. The summed E-state index contributed by atoms with van der Waals surface area (Å²) in [7, 11) is 1.75. The summed E-state index contributed by atoms with van der Waals surface area (Å²) >= 11 is 3.30. The summed E-state index contributed by atoms with van der Waals surface area (Å²) in [6, 6.07) is 8.47. The molecule has 0 aliphatic carbocycles. The van der Waals surface area contributed by atoms with E-state index in [0.29, 0.717) is 23.6 Å². The van der Waals surface area contributed by atoms with Crippen LogP contribution in [0.3, 0.4) is 0 Å². The lowest BCUT2D eigenvalue weighted by Crippen LogP contribution is -2.42. The highest BCUT2D eigenvalue weighted by Crippen LogP contribution is 2.17. The van der Waals surface area contributed by atoms with Crippen molar-refractivity contribution in [3.05, 3.63) is 52.3 Å². The Morgan fingerprint density at radius 3 is 2.81 bits per heavy atom. The molecule has 0 spiro atoms. The van der Waals surface area contributed by atoms with Crippen molar-refractivity contribution in [1.82, 2.24) is 15.4 Å². The highest BCUT2D eigenvalue weighted by Gasteiger charge is 2.17. The number of hydrazine groups is 1. The molecule has 138 valence electrons. The summed E-state index contributed by atoms with van der Waals surface area (Å²) < 4.78 is 13.6. The molecule has 2 N–H and O–H groups in total. The smallest absolute Gasteiger partial charge is 0.286 e. The predicted molar refractivity (Wildman–Crippen MR) is 99.0 cm³/mol. The maximum Gasteiger partial charge on any atom is 0.286 e. The van der Waals surface area contributed by atoms with Crippen molar-refractivity contribution in [3.8, 4) is 5.75 Å². The number of halogens is 1. The molecule has 1 aromatic heterocycles. The molecule has 1 aromatic carbocycles. The second-order valence-electron chi connectivity index (χ2n) is 6.04. The number of aryl methyl sites for hydroxylation is 1.